The number of pyridine rings is 1. The Labute approximate surface area is 234 Å². The Morgan fingerprint density at radius 1 is 0.872 bits per heavy atom. The first kappa shape index (κ1) is 25.2. The minimum absolute atomic E-state index is 0.276. The molecule has 1 N–H and O–H groups in total. The highest BCUT2D eigenvalue weighted by Gasteiger charge is 2.19. The third-order valence-electron chi connectivity index (χ3n) is 6.67. The maximum absolute atomic E-state index is 13.5. The predicted octanol–water partition coefficient (Wildman–Crippen LogP) is 5.04. The van der Waals surface area contributed by atoms with Crippen LogP contribution >= 0.6 is 23.2 Å². The molecule has 1 aliphatic heterocycles. The van der Waals surface area contributed by atoms with Crippen LogP contribution in [0.3, 0.4) is 0 Å². The number of nitrogens with one attached hydrogen (secondary N) is 1. The summed E-state index contributed by atoms with van der Waals surface area (Å²) in [6.07, 6.45) is 1.49. The first-order chi connectivity index (χ1) is 19.0. The summed E-state index contributed by atoms with van der Waals surface area (Å²) < 4.78 is 1.25. The highest BCUT2D eigenvalue weighted by Crippen LogP contribution is 2.27. The van der Waals surface area contributed by atoms with E-state index in [2.05, 4.69) is 54.3 Å². The molecule has 9 nitrogen and oxygen atoms in total. The average molecular weight is 559 g/mol. The Hall–Kier alpha value is -4.05. The van der Waals surface area contributed by atoms with E-state index in [9.17, 15) is 4.79 Å². The lowest BCUT2D eigenvalue weighted by molar-refractivity contribution is 0.313. The monoisotopic (exact) mass is 558 g/mol. The lowest BCUT2D eigenvalue weighted by Crippen LogP contribution is -2.44. The van der Waals surface area contributed by atoms with Crippen LogP contribution in [-0.4, -0.2) is 62.9 Å². The van der Waals surface area contributed by atoms with Crippen molar-refractivity contribution in [3.63, 3.8) is 0 Å². The Morgan fingerprint density at radius 2 is 1.64 bits per heavy atom. The molecule has 0 bridgehead atoms. The smallest absolute Gasteiger partial charge is 0.282 e. The summed E-state index contributed by atoms with van der Waals surface area (Å²) in [4.78, 5) is 31.7. The van der Waals surface area contributed by atoms with Crippen LogP contribution in [0.1, 0.15) is 0 Å². The molecular weight excluding hydrogens is 535 g/mol. The molecule has 0 aliphatic carbocycles. The van der Waals surface area contributed by atoms with Crippen LogP contribution in [0.5, 0.6) is 0 Å². The average Bonchev–Trinajstić information content (AvgIpc) is 2.95. The van der Waals surface area contributed by atoms with Crippen LogP contribution in [0.4, 0.5) is 17.3 Å². The first-order valence-electron chi connectivity index (χ1n) is 12.4. The molecule has 6 rings (SSSR count). The number of aromatic nitrogens is 5. The van der Waals surface area contributed by atoms with Gasteiger partial charge in [0.05, 0.1) is 21.8 Å². The summed E-state index contributed by atoms with van der Waals surface area (Å²) in [5.74, 6) is 0.329. The molecule has 0 saturated carbocycles. The SMILES string of the molecule is CN1CCN(c2ccc(Nc3ncc4c(=O)n(-c5ccccc5Cl)nc(-c5cccc(Cl)n5)c4n3)cc2)CC1. The van der Waals surface area contributed by atoms with Crippen molar-refractivity contribution in [3.05, 3.63) is 93.5 Å². The Morgan fingerprint density at radius 3 is 2.38 bits per heavy atom. The largest absolute Gasteiger partial charge is 0.369 e. The number of piperazine rings is 1. The van der Waals surface area contributed by atoms with Gasteiger partial charge in [-0.15, -0.1) is 0 Å². The van der Waals surface area contributed by atoms with Crippen molar-refractivity contribution in [3.8, 4) is 17.1 Å². The second kappa shape index (κ2) is 10.6. The van der Waals surface area contributed by atoms with Crippen molar-refractivity contribution in [2.75, 3.05) is 43.4 Å². The molecule has 39 heavy (non-hydrogen) atoms. The lowest BCUT2D eigenvalue weighted by atomic mass is 10.2. The summed E-state index contributed by atoms with van der Waals surface area (Å²) in [6, 6.07) is 20.4. The van der Waals surface area contributed by atoms with Crippen LogP contribution in [0.15, 0.2) is 77.7 Å². The van der Waals surface area contributed by atoms with Gasteiger partial charge in [0.25, 0.3) is 5.56 Å². The van der Waals surface area contributed by atoms with Crippen molar-refractivity contribution < 1.29 is 0 Å². The molecule has 0 radical (unpaired) electrons. The predicted molar refractivity (Wildman–Crippen MR) is 156 cm³/mol. The molecule has 0 spiro atoms. The third kappa shape index (κ3) is 5.16. The van der Waals surface area contributed by atoms with Gasteiger partial charge in [0.15, 0.2) is 0 Å². The minimum Gasteiger partial charge on any atom is -0.369 e. The van der Waals surface area contributed by atoms with E-state index in [4.69, 9.17) is 23.2 Å². The number of anilines is 3. The number of para-hydroxylation sites is 1. The Balaban J connectivity index is 1.40. The van der Waals surface area contributed by atoms with E-state index in [1.807, 2.05) is 12.1 Å². The number of hydrogen-bond acceptors (Lipinski definition) is 8. The van der Waals surface area contributed by atoms with Crippen molar-refractivity contribution >= 4 is 51.4 Å². The molecule has 5 aromatic rings. The Kier molecular flexibility index (Phi) is 6.86. The van der Waals surface area contributed by atoms with Crippen molar-refractivity contribution in [2.24, 2.45) is 0 Å². The zero-order chi connectivity index (χ0) is 26.9. The maximum Gasteiger partial charge on any atom is 0.282 e. The molecule has 1 aliphatic rings. The van der Waals surface area contributed by atoms with Crippen LogP contribution < -0.4 is 15.8 Å². The molecule has 11 heteroatoms. The highest BCUT2D eigenvalue weighted by molar-refractivity contribution is 6.32. The molecule has 4 heterocycles. The van der Waals surface area contributed by atoms with Gasteiger partial charge in [-0.3, -0.25) is 4.79 Å². The number of likely N-dealkylation sites (N-methyl/N-ethyl adjacent to an activating group) is 1. The second-order valence-electron chi connectivity index (χ2n) is 9.28. The summed E-state index contributed by atoms with van der Waals surface area (Å²) in [5.41, 5.74) is 3.24. The van der Waals surface area contributed by atoms with Gasteiger partial charge in [0, 0.05) is 43.8 Å². The summed E-state index contributed by atoms with van der Waals surface area (Å²) >= 11 is 12.6. The highest BCUT2D eigenvalue weighted by atomic mass is 35.5. The van der Waals surface area contributed by atoms with Crippen LogP contribution in [0.25, 0.3) is 28.0 Å². The summed E-state index contributed by atoms with van der Waals surface area (Å²) in [6.45, 7) is 4.08. The van der Waals surface area contributed by atoms with E-state index in [1.165, 1.54) is 16.6 Å². The van der Waals surface area contributed by atoms with Gasteiger partial charge in [-0.25, -0.2) is 15.0 Å². The van der Waals surface area contributed by atoms with E-state index in [-0.39, 0.29) is 5.39 Å². The molecule has 1 fully saturated rings. The van der Waals surface area contributed by atoms with Crippen LogP contribution in [-0.2, 0) is 0 Å². The summed E-state index contributed by atoms with van der Waals surface area (Å²) in [5, 5.41) is 8.83. The fourth-order valence-electron chi connectivity index (χ4n) is 4.53. The van der Waals surface area contributed by atoms with E-state index in [0.717, 1.165) is 31.9 Å². The topological polar surface area (TPSA) is 92.1 Å². The maximum atomic E-state index is 13.5. The molecule has 0 unspecified atom stereocenters. The fourth-order valence-corrected chi connectivity index (χ4v) is 4.91. The standard InChI is InChI=1S/C28H24Cl2N8O/c1-36-13-15-37(16-14-36)19-11-9-18(10-12-19)32-28-31-17-20-25(34-28)26(22-6-4-8-24(30)33-22)35-38(27(20)39)23-7-3-2-5-21(23)29/h2-12,17H,13-16H2,1H3,(H,31,32,34). The minimum atomic E-state index is -0.396. The first-order valence-corrected chi connectivity index (χ1v) is 13.2. The van der Waals surface area contributed by atoms with Crippen molar-refractivity contribution in [1.29, 1.82) is 0 Å². The molecule has 2 aromatic carbocycles. The van der Waals surface area contributed by atoms with Crippen LogP contribution in [0.2, 0.25) is 10.2 Å². The van der Waals surface area contributed by atoms with E-state index in [1.54, 1.807) is 42.5 Å². The van der Waals surface area contributed by atoms with Gasteiger partial charge in [-0.2, -0.15) is 9.78 Å². The zero-order valence-corrected chi connectivity index (χ0v) is 22.6. The van der Waals surface area contributed by atoms with Gasteiger partial charge in [-0.05, 0) is 55.6 Å². The fraction of sp³-hybridized carbons (Fsp3) is 0.179. The number of rotatable bonds is 5. The molecule has 0 amide bonds. The van der Waals surface area contributed by atoms with Crippen molar-refractivity contribution in [1.82, 2.24) is 29.6 Å². The molecule has 196 valence electrons. The number of benzene rings is 2. The number of hydrogen-bond donors (Lipinski definition) is 1. The van der Waals surface area contributed by atoms with Crippen molar-refractivity contribution in [2.45, 2.75) is 0 Å². The van der Waals surface area contributed by atoms with Gasteiger partial charge in [0.1, 0.15) is 16.4 Å². The molecule has 3 aromatic heterocycles. The zero-order valence-electron chi connectivity index (χ0n) is 21.1. The normalized spacial score (nSPS) is 14.1. The van der Waals surface area contributed by atoms with Gasteiger partial charge in [-0.1, -0.05) is 41.4 Å². The van der Waals surface area contributed by atoms with Gasteiger partial charge >= 0.3 is 0 Å². The molecule has 0 atom stereocenters. The number of nitrogens with zero attached hydrogens (tertiary/aromatic N) is 7. The van der Waals surface area contributed by atoms with E-state index in [0.29, 0.717) is 38.7 Å². The Bertz CT molecular complexity index is 1720. The van der Waals surface area contributed by atoms with E-state index < -0.39 is 5.56 Å². The molecule has 1 saturated heterocycles. The number of fused-ring (bicyclic) bond motifs is 1. The summed E-state index contributed by atoms with van der Waals surface area (Å²) in [7, 11) is 2.14. The third-order valence-corrected chi connectivity index (χ3v) is 7.20. The number of halogens is 2. The van der Waals surface area contributed by atoms with Gasteiger partial charge < -0.3 is 15.1 Å². The lowest BCUT2D eigenvalue weighted by Gasteiger charge is -2.34. The molecular formula is C28H24Cl2N8O. The van der Waals surface area contributed by atoms with Crippen LogP contribution in [0, 0.1) is 0 Å². The second-order valence-corrected chi connectivity index (χ2v) is 10.1. The quantitative estimate of drug-likeness (QED) is 0.300. The van der Waals surface area contributed by atoms with Gasteiger partial charge in [0.2, 0.25) is 5.95 Å². The van der Waals surface area contributed by atoms with E-state index >= 15 is 0 Å².